The second-order valence-corrected chi connectivity index (χ2v) is 5.45. The summed E-state index contributed by atoms with van der Waals surface area (Å²) < 4.78 is 12.4. The number of carbonyl (C=O) groups excluding carboxylic acids is 1. The van der Waals surface area contributed by atoms with E-state index in [2.05, 4.69) is 16.7 Å². The van der Waals surface area contributed by atoms with Crippen molar-refractivity contribution in [1.29, 1.82) is 5.26 Å². The van der Waals surface area contributed by atoms with Gasteiger partial charge in [-0.15, -0.1) is 0 Å². The number of anilines is 1. The molecule has 0 saturated carbocycles. The number of fused-ring (bicyclic) bond motifs is 1. The van der Waals surface area contributed by atoms with E-state index in [0.29, 0.717) is 5.82 Å². The van der Waals surface area contributed by atoms with E-state index in [1.54, 1.807) is 25.5 Å². The summed E-state index contributed by atoms with van der Waals surface area (Å²) in [6.45, 7) is 7.37. The lowest BCUT2D eigenvalue weighted by atomic mass is 10.1. The highest BCUT2D eigenvalue weighted by molar-refractivity contribution is 5.71. The average Bonchev–Trinajstić information content (AvgIpc) is 3.01. The minimum atomic E-state index is -0.212. The number of rotatable bonds is 7. The Morgan fingerprint density at radius 2 is 2.12 bits per heavy atom. The second-order valence-electron chi connectivity index (χ2n) is 5.45. The molecule has 2 heterocycles. The summed E-state index contributed by atoms with van der Waals surface area (Å²) in [4.78, 5) is 15.5. The third-order valence-electron chi connectivity index (χ3n) is 3.50. The van der Waals surface area contributed by atoms with Crippen molar-refractivity contribution in [3.8, 4) is 6.57 Å². The van der Waals surface area contributed by atoms with Gasteiger partial charge in [0.25, 0.3) is 0 Å². The van der Waals surface area contributed by atoms with Gasteiger partial charge in [-0.2, -0.15) is 5.10 Å². The standard InChI is InChI=1S/C15H22N4O3.CHN/c1-10(2)15(20)22-8-12(21-3)6-4-11-5-7-13-14(16)17-9-18-19(11)13;1-2/h5,7,9-10,12H,4,6,8H2,1-3H3,(H2,16,17,18);1H. The Bertz CT molecular complexity index is 681. The van der Waals surface area contributed by atoms with Gasteiger partial charge in [-0.1, -0.05) is 13.8 Å². The number of aromatic nitrogens is 3. The molecule has 8 nitrogen and oxygen atoms in total. The van der Waals surface area contributed by atoms with Gasteiger partial charge < -0.3 is 15.2 Å². The lowest BCUT2D eigenvalue weighted by molar-refractivity contribution is -0.151. The first-order valence-corrected chi connectivity index (χ1v) is 7.55. The maximum Gasteiger partial charge on any atom is 0.308 e. The van der Waals surface area contributed by atoms with Crippen molar-refractivity contribution in [2.45, 2.75) is 32.8 Å². The van der Waals surface area contributed by atoms with Crippen molar-refractivity contribution in [3.63, 3.8) is 0 Å². The lowest BCUT2D eigenvalue weighted by Crippen LogP contribution is -2.23. The SMILES string of the molecule is C#N.COC(CCc1ccc2c(N)ncnn12)COC(=O)C(C)C. The van der Waals surface area contributed by atoms with Crippen LogP contribution in [0, 0.1) is 17.8 Å². The van der Waals surface area contributed by atoms with E-state index in [9.17, 15) is 4.79 Å². The molecule has 130 valence electrons. The number of methoxy groups -OCH3 is 1. The van der Waals surface area contributed by atoms with Crippen LogP contribution in [0.3, 0.4) is 0 Å². The highest BCUT2D eigenvalue weighted by Gasteiger charge is 2.15. The van der Waals surface area contributed by atoms with Gasteiger partial charge in [-0.05, 0) is 25.0 Å². The van der Waals surface area contributed by atoms with Crippen LogP contribution in [0.5, 0.6) is 0 Å². The first-order valence-electron chi connectivity index (χ1n) is 7.55. The molecule has 0 aliphatic rings. The van der Waals surface area contributed by atoms with Crippen LogP contribution in [0.15, 0.2) is 18.5 Å². The van der Waals surface area contributed by atoms with E-state index in [1.807, 2.05) is 12.1 Å². The number of aryl methyl sites for hydroxylation is 1. The number of esters is 1. The van der Waals surface area contributed by atoms with Crippen molar-refractivity contribution in [2.75, 3.05) is 19.5 Å². The molecule has 0 amide bonds. The zero-order valence-electron chi connectivity index (χ0n) is 14.2. The van der Waals surface area contributed by atoms with Crippen molar-refractivity contribution < 1.29 is 14.3 Å². The van der Waals surface area contributed by atoms with Gasteiger partial charge in [-0.25, -0.2) is 14.8 Å². The zero-order valence-corrected chi connectivity index (χ0v) is 14.2. The number of ether oxygens (including phenoxy) is 2. The lowest BCUT2D eigenvalue weighted by Gasteiger charge is -2.16. The summed E-state index contributed by atoms with van der Waals surface area (Å²) in [5.74, 6) is 0.109. The van der Waals surface area contributed by atoms with Crippen molar-refractivity contribution >= 4 is 17.3 Å². The molecule has 2 rings (SSSR count). The van der Waals surface area contributed by atoms with E-state index >= 15 is 0 Å². The van der Waals surface area contributed by atoms with Gasteiger partial charge >= 0.3 is 5.97 Å². The maximum absolute atomic E-state index is 11.5. The third-order valence-corrected chi connectivity index (χ3v) is 3.50. The highest BCUT2D eigenvalue weighted by Crippen LogP contribution is 2.15. The molecule has 1 unspecified atom stereocenters. The Balaban J connectivity index is 0.00000139. The molecular weight excluding hydrogens is 310 g/mol. The van der Waals surface area contributed by atoms with Crippen LogP contribution < -0.4 is 5.73 Å². The van der Waals surface area contributed by atoms with Crippen molar-refractivity contribution in [3.05, 3.63) is 24.2 Å². The molecule has 0 bridgehead atoms. The summed E-state index contributed by atoms with van der Waals surface area (Å²) in [5, 5.41) is 10.7. The van der Waals surface area contributed by atoms with Gasteiger partial charge in [0.15, 0.2) is 5.82 Å². The van der Waals surface area contributed by atoms with Gasteiger partial charge in [0.05, 0.1) is 12.0 Å². The van der Waals surface area contributed by atoms with Crippen LogP contribution in [-0.2, 0) is 20.7 Å². The Morgan fingerprint density at radius 1 is 1.42 bits per heavy atom. The number of hydrogen-bond acceptors (Lipinski definition) is 7. The van der Waals surface area contributed by atoms with Crippen molar-refractivity contribution in [2.24, 2.45) is 5.92 Å². The monoisotopic (exact) mass is 333 g/mol. The quantitative estimate of drug-likeness (QED) is 0.765. The predicted octanol–water partition coefficient (Wildman–Crippen LogP) is 1.60. The molecule has 0 aliphatic heterocycles. The fourth-order valence-electron chi connectivity index (χ4n) is 2.12. The van der Waals surface area contributed by atoms with Crippen LogP contribution in [-0.4, -0.2) is 40.4 Å². The second kappa shape index (κ2) is 9.47. The average molecular weight is 333 g/mol. The van der Waals surface area contributed by atoms with Crippen LogP contribution in [0.25, 0.3) is 5.52 Å². The predicted molar refractivity (Wildman–Crippen MR) is 89.0 cm³/mol. The maximum atomic E-state index is 11.5. The zero-order chi connectivity index (χ0) is 18.1. The fourth-order valence-corrected chi connectivity index (χ4v) is 2.12. The number of nitrogens with zero attached hydrogens (tertiary/aromatic N) is 4. The number of nitrogens with two attached hydrogens (primary N) is 1. The third kappa shape index (κ3) is 4.93. The topological polar surface area (TPSA) is 116 Å². The van der Waals surface area contributed by atoms with Gasteiger partial charge in [0.1, 0.15) is 18.5 Å². The number of nitriles is 1. The molecule has 2 aromatic heterocycles. The molecule has 0 radical (unpaired) electrons. The van der Waals surface area contributed by atoms with E-state index in [0.717, 1.165) is 24.1 Å². The molecule has 0 aliphatic carbocycles. The number of hydrogen-bond donors (Lipinski definition) is 1. The van der Waals surface area contributed by atoms with Gasteiger partial charge in [-0.3, -0.25) is 4.79 Å². The Morgan fingerprint density at radius 3 is 2.75 bits per heavy atom. The van der Waals surface area contributed by atoms with Crippen LogP contribution in [0.4, 0.5) is 5.82 Å². The fraction of sp³-hybridized carbons (Fsp3) is 0.500. The molecule has 2 aromatic rings. The summed E-state index contributed by atoms with van der Waals surface area (Å²) in [6.07, 6.45) is 2.75. The smallest absolute Gasteiger partial charge is 0.308 e. The molecule has 0 aromatic carbocycles. The van der Waals surface area contributed by atoms with Crippen molar-refractivity contribution in [1.82, 2.24) is 14.6 Å². The molecule has 0 fully saturated rings. The Hall–Kier alpha value is -2.66. The Labute approximate surface area is 141 Å². The van der Waals surface area contributed by atoms with E-state index < -0.39 is 0 Å². The minimum Gasteiger partial charge on any atom is -0.463 e. The van der Waals surface area contributed by atoms with Crippen LogP contribution >= 0.6 is 0 Å². The number of carbonyl (C=O) groups is 1. The van der Waals surface area contributed by atoms with Crippen LogP contribution in [0.1, 0.15) is 26.0 Å². The van der Waals surface area contributed by atoms with Gasteiger partial charge in [0, 0.05) is 19.4 Å². The molecule has 0 spiro atoms. The summed E-state index contributed by atoms with van der Waals surface area (Å²) in [7, 11) is 1.62. The first kappa shape index (κ1) is 19.4. The summed E-state index contributed by atoms with van der Waals surface area (Å²) >= 11 is 0. The highest BCUT2D eigenvalue weighted by atomic mass is 16.6. The molecule has 2 N–H and O–H groups in total. The first-order chi connectivity index (χ1) is 11.5. The molecule has 8 heteroatoms. The van der Waals surface area contributed by atoms with Crippen LogP contribution in [0.2, 0.25) is 0 Å². The molecular formula is C16H23N5O3. The number of nitrogen functional groups attached to an aromatic ring is 1. The largest absolute Gasteiger partial charge is 0.463 e. The van der Waals surface area contributed by atoms with E-state index in [-0.39, 0.29) is 24.6 Å². The van der Waals surface area contributed by atoms with E-state index in [4.69, 9.17) is 20.5 Å². The molecule has 0 saturated heterocycles. The summed E-state index contributed by atoms with van der Waals surface area (Å²) in [6, 6.07) is 3.86. The normalized spacial score (nSPS) is 11.8. The molecule has 24 heavy (non-hydrogen) atoms. The minimum absolute atomic E-state index is 0.133. The Kier molecular flexibility index (Phi) is 7.65. The van der Waals surface area contributed by atoms with Gasteiger partial charge in [0.2, 0.25) is 0 Å². The van der Waals surface area contributed by atoms with E-state index in [1.165, 1.54) is 6.33 Å². The summed E-state index contributed by atoms with van der Waals surface area (Å²) in [5.41, 5.74) is 7.61. The molecule has 1 atom stereocenters.